The maximum Gasteiger partial charge on any atom is 0.246 e. The van der Waals surface area contributed by atoms with Crippen LogP contribution in [-0.4, -0.2) is 56.1 Å². The minimum Gasteiger partial charge on any atom is -0.360 e. The van der Waals surface area contributed by atoms with Crippen molar-refractivity contribution >= 4 is 28.3 Å². The normalized spacial score (nSPS) is 20.5. The fourth-order valence-corrected chi connectivity index (χ4v) is 5.93. The molecular weight excluding hydrogens is 392 g/mol. The molecule has 8 nitrogen and oxygen atoms in total. The number of carbonyl (C=O) groups is 1. The summed E-state index contributed by atoms with van der Waals surface area (Å²) in [6, 6.07) is 0.414. The summed E-state index contributed by atoms with van der Waals surface area (Å²) in [7, 11) is -1.96. The molecule has 0 spiro atoms. The van der Waals surface area contributed by atoms with E-state index in [0.717, 1.165) is 25.7 Å². The highest BCUT2D eigenvalue weighted by molar-refractivity contribution is 7.89. The lowest BCUT2D eigenvalue weighted by atomic mass is 9.95. The van der Waals surface area contributed by atoms with Gasteiger partial charge in [0, 0.05) is 19.1 Å². The Morgan fingerprint density at radius 2 is 1.81 bits per heavy atom. The molecule has 0 unspecified atom stereocenters. The zero-order valence-corrected chi connectivity index (χ0v) is 17.7. The zero-order chi connectivity index (χ0) is 18.9. The first-order chi connectivity index (χ1) is 12.3. The SMILES string of the molecule is CNC1CCN(C(=O)C2(NS(=O)(=O)c3c(C)noc3C)CCCC2)CC1.Cl. The second-order valence-corrected chi connectivity index (χ2v) is 9.02. The van der Waals surface area contributed by atoms with Gasteiger partial charge in [-0.15, -0.1) is 12.4 Å². The van der Waals surface area contributed by atoms with Gasteiger partial charge in [-0.05, 0) is 46.6 Å². The van der Waals surface area contributed by atoms with Gasteiger partial charge in [0.2, 0.25) is 15.9 Å². The second kappa shape index (κ2) is 8.46. The number of aromatic nitrogens is 1. The van der Waals surface area contributed by atoms with Crippen molar-refractivity contribution in [3.05, 3.63) is 11.5 Å². The Morgan fingerprint density at radius 1 is 1.22 bits per heavy atom. The second-order valence-electron chi connectivity index (χ2n) is 7.40. The first-order valence-corrected chi connectivity index (χ1v) is 10.7. The highest BCUT2D eigenvalue weighted by Gasteiger charge is 2.47. The van der Waals surface area contributed by atoms with E-state index in [0.29, 0.717) is 37.7 Å². The molecule has 154 valence electrons. The summed E-state index contributed by atoms with van der Waals surface area (Å²) in [5.41, 5.74) is -0.744. The van der Waals surface area contributed by atoms with E-state index in [1.807, 2.05) is 11.9 Å². The standard InChI is InChI=1S/C17H28N4O4S.ClH/c1-12-15(13(2)25-19-12)26(23,24)20-17(8-4-5-9-17)16(22)21-10-6-14(18-3)7-11-21;/h14,18,20H,4-11H2,1-3H3;1H. The van der Waals surface area contributed by atoms with Crippen molar-refractivity contribution in [2.75, 3.05) is 20.1 Å². The number of hydrogen-bond acceptors (Lipinski definition) is 6. The van der Waals surface area contributed by atoms with Crippen LogP contribution >= 0.6 is 12.4 Å². The third-order valence-electron chi connectivity index (χ3n) is 5.62. The fraction of sp³-hybridized carbons (Fsp3) is 0.765. The Balaban J connectivity index is 0.00000261. The Morgan fingerprint density at radius 3 is 2.30 bits per heavy atom. The molecule has 0 atom stereocenters. The predicted molar refractivity (Wildman–Crippen MR) is 103 cm³/mol. The third kappa shape index (κ3) is 4.31. The van der Waals surface area contributed by atoms with E-state index in [2.05, 4.69) is 15.2 Å². The van der Waals surface area contributed by atoms with Crippen molar-refractivity contribution in [1.82, 2.24) is 20.1 Å². The molecule has 1 saturated heterocycles. The molecule has 2 aliphatic rings. The molecule has 3 rings (SSSR count). The number of piperidine rings is 1. The maximum atomic E-state index is 13.3. The van der Waals surface area contributed by atoms with E-state index in [1.165, 1.54) is 0 Å². The number of nitrogens with zero attached hydrogens (tertiary/aromatic N) is 2. The molecular formula is C17H29ClN4O4S. The molecule has 1 aliphatic carbocycles. The summed E-state index contributed by atoms with van der Waals surface area (Å²) in [6.07, 6.45) is 4.50. The number of halogens is 1. The molecule has 1 aromatic rings. The van der Waals surface area contributed by atoms with Crippen LogP contribution in [0.25, 0.3) is 0 Å². The molecule has 0 radical (unpaired) electrons. The number of hydrogen-bond donors (Lipinski definition) is 2. The Hall–Kier alpha value is -1.16. The zero-order valence-electron chi connectivity index (χ0n) is 16.1. The predicted octanol–water partition coefficient (Wildman–Crippen LogP) is 1.51. The van der Waals surface area contributed by atoms with Gasteiger partial charge in [0.1, 0.15) is 16.1 Å². The first kappa shape index (κ1) is 22.1. The minimum absolute atomic E-state index is 0. The maximum absolute atomic E-state index is 13.3. The van der Waals surface area contributed by atoms with Crippen LogP contribution in [0.2, 0.25) is 0 Å². The van der Waals surface area contributed by atoms with Crippen LogP contribution < -0.4 is 10.0 Å². The summed E-state index contributed by atoms with van der Waals surface area (Å²) >= 11 is 0. The number of rotatable bonds is 5. The Bertz CT molecular complexity index is 746. The monoisotopic (exact) mass is 420 g/mol. The van der Waals surface area contributed by atoms with Crippen molar-refractivity contribution in [3.63, 3.8) is 0 Å². The van der Waals surface area contributed by atoms with Crippen LogP contribution in [0.1, 0.15) is 50.0 Å². The number of amides is 1. The van der Waals surface area contributed by atoms with Crippen LogP contribution in [0.4, 0.5) is 0 Å². The minimum atomic E-state index is -3.89. The highest BCUT2D eigenvalue weighted by atomic mass is 35.5. The van der Waals surface area contributed by atoms with Gasteiger partial charge in [-0.3, -0.25) is 4.79 Å². The molecule has 0 bridgehead atoms. The number of carbonyl (C=O) groups excluding carboxylic acids is 1. The van der Waals surface area contributed by atoms with Crippen molar-refractivity contribution in [2.24, 2.45) is 0 Å². The Kier molecular flexibility index (Phi) is 6.94. The van der Waals surface area contributed by atoms with Crippen LogP contribution in [0.5, 0.6) is 0 Å². The smallest absolute Gasteiger partial charge is 0.246 e. The van der Waals surface area contributed by atoms with E-state index in [9.17, 15) is 13.2 Å². The van der Waals surface area contributed by atoms with Crippen molar-refractivity contribution in [2.45, 2.75) is 68.8 Å². The van der Waals surface area contributed by atoms with Gasteiger partial charge in [-0.25, -0.2) is 8.42 Å². The van der Waals surface area contributed by atoms with Gasteiger partial charge in [-0.1, -0.05) is 18.0 Å². The van der Waals surface area contributed by atoms with Gasteiger partial charge in [-0.2, -0.15) is 4.72 Å². The molecule has 2 N–H and O–H groups in total. The first-order valence-electron chi connectivity index (χ1n) is 9.22. The van der Waals surface area contributed by atoms with Crippen molar-refractivity contribution < 1.29 is 17.7 Å². The summed E-state index contributed by atoms with van der Waals surface area (Å²) in [5, 5.41) is 6.98. The number of nitrogens with one attached hydrogen (secondary N) is 2. The lowest BCUT2D eigenvalue weighted by Crippen LogP contribution is -2.59. The van der Waals surface area contributed by atoms with E-state index in [1.54, 1.807) is 13.8 Å². The molecule has 1 aromatic heterocycles. The summed E-state index contributed by atoms with van der Waals surface area (Å²) in [5.74, 6) is 0.144. The van der Waals surface area contributed by atoms with E-state index in [4.69, 9.17) is 4.52 Å². The summed E-state index contributed by atoms with van der Waals surface area (Å²) in [4.78, 5) is 15.1. The van der Waals surface area contributed by atoms with Crippen molar-refractivity contribution in [3.8, 4) is 0 Å². The quantitative estimate of drug-likeness (QED) is 0.748. The number of sulfonamides is 1. The van der Waals surface area contributed by atoms with E-state index >= 15 is 0 Å². The molecule has 2 heterocycles. The largest absolute Gasteiger partial charge is 0.360 e. The number of likely N-dealkylation sites (tertiary alicyclic amines) is 1. The fourth-order valence-electron chi connectivity index (χ4n) is 4.18. The van der Waals surface area contributed by atoms with Crippen molar-refractivity contribution in [1.29, 1.82) is 0 Å². The van der Waals surface area contributed by atoms with E-state index in [-0.39, 0.29) is 29.0 Å². The summed E-state index contributed by atoms with van der Waals surface area (Å²) < 4.78 is 33.7. The van der Waals surface area contributed by atoms with Crippen LogP contribution in [-0.2, 0) is 14.8 Å². The topological polar surface area (TPSA) is 105 Å². The third-order valence-corrected chi connectivity index (χ3v) is 7.40. The Labute approximate surface area is 166 Å². The lowest BCUT2D eigenvalue weighted by molar-refractivity contribution is -0.138. The molecule has 1 aliphatic heterocycles. The molecule has 1 saturated carbocycles. The van der Waals surface area contributed by atoms with Gasteiger partial charge in [0.25, 0.3) is 0 Å². The van der Waals surface area contributed by atoms with Crippen LogP contribution in [0.3, 0.4) is 0 Å². The highest BCUT2D eigenvalue weighted by Crippen LogP contribution is 2.34. The van der Waals surface area contributed by atoms with Gasteiger partial charge in [0.15, 0.2) is 5.76 Å². The van der Waals surface area contributed by atoms with Gasteiger partial charge < -0.3 is 14.7 Å². The molecule has 27 heavy (non-hydrogen) atoms. The molecule has 0 aromatic carbocycles. The molecule has 2 fully saturated rings. The lowest BCUT2D eigenvalue weighted by Gasteiger charge is -2.38. The number of aryl methyl sites for hydroxylation is 2. The average molecular weight is 421 g/mol. The molecule has 1 amide bonds. The van der Waals surface area contributed by atoms with Crippen LogP contribution in [0.15, 0.2) is 9.42 Å². The summed E-state index contributed by atoms with van der Waals surface area (Å²) in [6.45, 7) is 4.47. The van der Waals surface area contributed by atoms with Gasteiger partial charge >= 0.3 is 0 Å². The van der Waals surface area contributed by atoms with Gasteiger partial charge in [0.05, 0.1) is 0 Å². The molecule has 10 heteroatoms. The van der Waals surface area contributed by atoms with E-state index < -0.39 is 15.6 Å². The van der Waals surface area contributed by atoms with Crippen LogP contribution in [0, 0.1) is 13.8 Å². The average Bonchev–Trinajstić information content (AvgIpc) is 3.21.